The van der Waals surface area contributed by atoms with Crippen molar-refractivity contribution < 1.29 is 4.79 Å². The first-order chi connectivity index (χ1) is 8.11. The van der Waals surface area contributed by atoms with Gasteiger partial charge < -0.3 is 0 Å². The molecule has 2 N–H and O–H groups in total. The number of thiazole rings is 1. The molecule has 4 nitrogen and oxygen atoms in total. The van der Waals surface area contributed by atoms with Crippen molar-refractivity contribution in [2.45, 2.75) is 6.92 Å². The Morgan fingerprint density at radius 2 is 2.06 bits per heavy atom. The molecule has 0 aliphatic carbocycles. The van der Waals surface area contributed by atoms with E-state index in [2.05, 4.69) is 4.98 Å². The van der Waals surface area contributed by atoms with Crippen molar-refractivity contribution in [2.24, 2.45) is 5.84 Å². The van der Waals surface area contributed by atoms with Gasteiger partial charge in [-0.2, -0.15) is 0 Å². The molecule has 0 saturated heterocycles. The van der Waals surface area contributed by atoms with Crippen LogP contribution in [0.1, 0.15) is 5.69 Å². The van der Waals surface area contributed by atoms with Crippen molar-refractivity contribution in [3.05, 3.63) is 35.0 Å². The van der Waals surface area contributed by atoms with Crippen molar-refractivity contribution in [1.82, 2.24) is 4.98 Å². The van der Waals surface area contributed by atoms with Crippen LogP contribution in [0.5, 0.6) is 0 Å². The molecule has 0 saturated carbocycles. The number of hydrogen-bond acceptors (Lipinski definition) is 4. The van der Waals surface area contributed by atoms with Crippen molar-refractivity contribution >= 4 is 34.3 Å². The third kappa shape index (κ3) is 2.46. The molecule has 0 radical (unpaired) electrons. The number of halogens is 1. The van der Waals surface area contributed by atoms with Gasteiger partial charge in [-0.05, 0) is 19.1 Å². The molecule has 2 aromatic rings. The van der Waals surface area contributed by atoms with E-state index in [4.69, 9.17) is 17.4 Å². The van der Waals surface area contributed by atoms with Crippen LogP contribution in [0.2, 0.25) is 5.02 Å². The minimum Gasteiger partial charge on any atom is -0.277 e. The molecule has 0 bridgehead atoms. The molecule has 17 heavy (non-hydrogen) atoms. The molecule has 0 atom stereocenters. The molecule has 0 fully saturated rings. The lowest BCUT2D eigenvalue weighted by Crippen LogP contribution is -2.28. The first kappa shape index (κ1) is 12.0. The third-order valence-electron chi connectivity index (χ3n) is 2.21. The fraction of sp³-hybridized carbons (Fsp3) is 0.0909. The van der Waals surface area contributed by atoms with Crippen molar-refractivity contribution in [3.63, 3.8) is 0 Å². The summed E-state index contributed by atoms with van der Waals surface area (Å²) in [6.07, 6.45) is 0.562. The molecule has 1 aromatic carbocycles. The summed E-state index contributed by atoms with van der Waals surface area (Å²) in [5.41, 5.74) is 1.68. The zero-order valence-corrected chi connectivity index (χ0v) is 10.6. The molecule has 2 rings (SSSR count). The topological polar surface area (TPSA) is 59.2 Å². The monoisotopic (exact) mass is 267 g/mol. The number of carbonyl (C=O) groups is 1. The van der Waals surface area contributed by atoms with E-state index in [0.717, 1.165) is 21.3 Å². The Labute approximate surface area is 108 Å². The number of anilines is 1. The van der Waals surface area contributed by atoms with E-state index in [1.54, 1.807) is 12.1 Å². The first-order valence-corrected chi connectivity index (χ1v) is 6.04. The van der Waals surface area contributed by atoms with Crippen LogP contribution in [-0.2, 0) is 4.79 Å². The summed E-state index contributed by atoms with van der Waals surface area (Å²) in [4.78, 5) is 15.0. The fourth-order valence-electron chi connectivity index (χ4n) is 1.39. The van der Waals surface area contributed by atoms with Gasteiger partial charge in [0.1, 0.15) is 10.0 Å². The quantitative estimate of drug-likeness (QED) is 0.402. The maximum atomic E-state index is 10.6. The molecule has 0 spiro atoms. The van der Waals surface area contributed by atoms with E-state index in [-0.39, 0.29) is 0 Å². The molecule has 0 aliphatic rings. The number of nitrogens with zero attached hydrogens (tertiary/aromatic N) is 2. The third-order valence-corrected chi connectivity index (χ3v) is 3.68. The summed E-state index contributed by atoms with van der Waals surface area (Å²) in [7, 11) is 0. The van der Waals surface area contributed by atoms with E-state index >= 15 is 0 Å². The molecule has 0 aliphatic heterocycles. The minimum absolute atomic E-state index is 0.562. The molecule has 6 heteroatoms. The Morgan fingerprint density at radius 3 is 2.65 bits per heavy atom. The summed E-state index contributed by atoms with van der Waals surface area (Å²) in [6.45, 7) is 1.81. The summed E-state index contributed by atoms with van der Waals surface area (Å²) < 4.78 is 0. The minimum atomic E-state index is 0.562. The van der Waals surface area contributed by atoms with Gasteiger partial charge in [0.05, 0.1) is 5.69 Å². The standard InChI is InChI=1S/C11H10ClN3OS/c1-7-11(15(13)6-16)17-10(14-7)8-2-4-9(12)5-3-8/h2-6H,13H2,1H3. The number of benzene rings is 1. The van der Waals surface area contributed by atoms with Gasteiger partial charge in [-0.25, -0.2) is 15.8 Å². The van der Waals surface area contributed by atoms with Crippen molar-refractivity contribution in [2.75, 3.05) is 5.01 Å². The summed E-state index contributed by atoms with van der Waals surface area (Å²) >= 11 is 7.18. The molecule has 1 heterocycles. The van der Waals surface area contributed by atoms with Crippen molar-refractivity contribution in [3.8, 4) is 10.6 Å². The zero-order valence-electron chi connectivity index (χ0n) is 9.05. The zero-order chi connectivity index (χ0) is 12.4. The van der Waals surface area contributed by atoms with E-state index < -0.39 is 0 Å². The molecular formula is C11H10ClN3OS. The summed E-state index contributed by atoms with van der Waals surface area (Å²) in [5, 5.41) is 3.17. The van der Waals surface area contributed by atoms with Gasteiger partial charge in [0.2, 0.25) is 6.41 Å². The number of amides is 1. The van der Waals surface area contributed by atoms with Gasteiger partial charge >= 0.3 is 0 Å². The highest BCUT2D eigenvalue weighted by molar-refractivity contribution is 7.19. The Hall–Kier alpha value is -1.43. The molecular weight excluding hydrogens is 258 g/mol. The normalized spacial score (nSPS) is 10.3. The molecule has 88 valence electrons. The average Bonchev–Trinajstić information content (AvgIpc) is 2.71. The Morgan fingerprint density at radius 1 is 1.41 bits per heavy atom. The second kappa shape index (κ2) is 4.83. The molecule has 1 amide bonds. The van der Waals surface area contributed by atoms with Gasteiger partial charge in [-0.15, -0.1) is 0 Å². The second-order valence-electron chi connectivity index (χ2n) is 3.43. The van der Waals surface area contributed by atoms with Crippen molar-refractivity contribution in [1.29, 1.82) is 0 Å². The number of aryl methyl sites for hydroxylation is 1. The predicted octanol–water partition coefficient (Wildman–Crippen LogP) is 2.61. The van der Waals surface area contributed by atoms with Gasteiger partial charge in [0.15, 0.2) is 0 Å². The SMILES string of the molecule is Cc1nc(-c2ccc(Cl)cc2)sc1N(N)C=O. The van der Waals surface area contributed by atoms with Crippen LogP contribution >= 0.6 is 22.9 Å². The van der Waals surface area contributed by atoms with Gasteiger partial charge in [0, 0.05) is 10.6 Å². The summed E-state index contributed by atoms with van der Waals surface area (Å²) in [6, 6.07) is 7.36. The lowest BCUT2D eigenvalue weighted by Gasteiger charge is -2.05. The summed E-state index contributed by atoms with van der Waals surface area (Å²) in [5.74, 6) is 5.53. The Balaban J connectivity index is 2.40. The van der Waals surface area contributed by atoms with Gasteiger partial charge in [0.25, 0.3) is 0 Å². The van der Waals surface area contributed by atoms with E-state index in [0.29, 0.717) is 16.4 Å². The van der Waals surface area contributed by atoms with Gasteiger partial charge in [-0.1, -0.05) is 35.1 Å². The maximum absolute atomic E-state index is 10.6. The Bertz CT molecular complexity index is 538. The van der Waals surface area contributed by atoms with Crippen LogP contribution in [0.25, 0.3) is 10.6 Å². The fourth-order valence-corrected chi connectivity index (χ4v) is 2.48. The molecule has 0 unspecified atom stereocenters. The van der Waals surface area contributed by atoms with Crippen LogP contribution in [0.4, 0.5) is 5.00 Å². The lowest BCUT2D eigenvalue weighted by molar-refractivity contribution is -0.107. The number of hydrazine groups is 1. The van der Waals surface area contributed by atoms with Crippen LogP contribution in [0, 0.1) is 6.92 Å². The number of aromatic nitrogens is 1. The van der Waals surface area contributed by atoms with E-state index in [1.165, 1.54) is 11.3 Å². The highest BCUT2D eigenvalue weighted by Crippen LogP contribution is 2.33. The van der Waals surface area contributed by atoms with Crippen LogP contribution in [0.15, 0.2) is 24.3 Å². The highest BCUT2D eigenvalue weighted by Gasteiger charge is 2.12. The lowest BCUT2D eigenvalue weighted by atomic mass is 10.2. The molecule has 1 aromatic heterocycles. The van der Waals surface area contributed by atoms with Crippen LogP contribution < -0.4 is 10.9 Å². The second-order valence-corrected chi connectivity index (χ2v) is 4.84. The average molecular weight is 268 g/mol. The number of rotatable bonds is 3. The highest BCUT2D eigenvalue weighted by atomic mass is 35.5. The van der Waals surface area contributed by atoms with Crippen LogP contribution in [-0.4, -0.2) is 11.4 Å². The number of carbonyl (C=O) groups excluding carboxylic acids is 1. The van der Waals surface area contributed by atoms with E-state index in [9.17, 15) is 4.79 Å². The van der Waals surface area contributed by atoms with Gasteiger partial charge in [-0.3, -0.25) is 4.79 Å². The Kier molecular flexibility index (Phi) is 3.42. The first-order valence-electron chi connectivity index (χ1n) is 4.84. The van der Waals surface area contributed by atoms with E-state index in [1.807, 2.05) is 19.1 Å². The maximum Gasteiger partial charge on any atom is 0.229 e. The van der Waals surface area contributed by atoms with Crippen LogP contribution in [0.3, 0.4) is 0 Å². The largest absolute Gasteiger partial charge is 0.277 e. The predicted molar refractivity (Wildman–Crippen MR) is 70.0 cm³/mol. The number of hydrogen-bond donors (Lipinski definition) is 1. The number of nitrogens with two attached hydrogens (primary N) is 1. The smallest absolute Gasteiger partial charge is 0.229 e.